The Hall–Kier alpha value is -0.160. The molecule has 1 atom stereocenters. The van der Waals surface area contributed by atoms with Crippen molar-refractivity contribution >= 4 is 0 Å². The van der Waals surface area contributed by atoms with Crippen LogP contribution in [0.25, 0.3) is 0 Å². The van der Waals surface area contributed by atoms with Crippen LogP contribution < -0.4 is 0 Å². The third-order valence-corrected chi connectivity index (χ3v) is 6.23. The number of aliphatic hydroxyl groups is 3. The Balaban J connectivity index is -0.000000198. The molecule has 0 aromatic carbocycles. The number of aliphatic hydroxyl groups excluding tert-OH is 3. The monoisotopic (exact) mass is 563 g/mol. The Labute approximate surface area is 248 Å². The van der Waals surface area contributed by atoms with Crippen molar-refractivity contribution in [1.82, 2.24) is 0 Å². The molecule has 4 nitrogen and oxygen atoms in total. The van der Waals surface area contributed by atoms with E-state index in [0.29, 0.717) is 31.8 Å². The Kier molecular flexibility index (Phi) is 44.5. The lowest BCUT2D eigenvalue weighted by Crippen LogP contribution is -2.07. The van der Waals surface area contributed by atoms with Crippen molar-refractivity contribution in [3.05, 3.63) is 0 Å². The average Bonchev–Trinajstić information content (AvgIpc) is 3.34. The second kappa shape index (κ2) is 37.8. The quantitative estimate of drug-likeness (QED) is 0.164. The minimum atomic E-state index is 0.331. The summed E-state index contributed by atoms with van der Waals surface area (Å²) < 4.78 is 5.46. The van der Waals surface area contributed by atoms with Gasteiger partial charge < -0.3 is 20.1 Å². The average molecular weight is 563 g/mol. The zero-order chi connectivity index (χ0) is 30.9. The van der Waals surface area contributed by atoms with E-state index in [1.54, 1.807) is 0 Å². The van der Waals surface area contributed by atoms with E-state index < -0.39 is 0 Å². The molecule has 1 aliphatic rings. The molecule has 0 bridgehead atoms. The molecular weight excluding hydrogens is 484 g/mol. The fraction of sp³-hybridized carbons (Fsp3) is 1.00. The summed E-state index contributed by atoms with van der Waals surface area (Å²) in [6.07, 6.45) is 17.6. The summed E-state index contributed by atoms with van der Waals surface area (Å²) in [6.45, 7) is 26.4. The molecule has 0 spiro atoms. The Bertz CT molecular complexity index is 388. The maximum atomic E-state index is 8.43. The Morgan fingerprint density at radius 1 is 0.538 bits per heavy atom. The molecule has 0 aromatic heterocycles. The van der Waals surface area contributed by atoms with Crippen molar-refractivity contribution in [2.75, 3.05) is 26.4 Å². The summed E-state index contributed by atoms with van der Waals surface area (Å²) in [5, 5.41) is 25.0. The summed E-state index contributed by atoms with van der Waals surface area (Å²) in [5.41, 5.74) is 0. The predicted octanol–water partition coefficient (Wildman–Crippen LogP) is 10.1. The van der Waals surface area contributed by atoms with Gasteiger partial charge in [-0.3, -0.25) is 0 Å². The molecule has 3 N–H and O–H groups in total. The molecule has 0 aromatic rings. The fourth-order valence-corrected chi connectivity index (χ4v) is 3.73. The van der Waals surface area contributed by atoms with E-state index in [0.717, 1.165) is 49.5 Å². The molecule has 242 valence electrons. The van der Waals surface area contributed by atoms with Gasteiger partial charge in [-0.05, 0) is 68.1 Å². The molecule has 1 saturated heterocycles. The number of ether oxygens (including phenoxy) is 1. The van der Waals surface area contributed by atoms with Crippen LogP contribution in [0.2, 0.25) is 0 Å². The van der Waals surface area contributed by atoms with Gasteiger partial charge in [0.2, 0.25) is 0 Å². The van der Waals surface area contributed by atoms with Crippen LogP contribution in [0.1, 0.15) is 166 Å². The van der Waals surface area contributed by atoms with Crippen molar-refractivity contribution in [2.45, 2.75) is 172 Å². The normalized spacial score (nSPS) is 14.4. The standard InChI is InChI=1S/C8H16O.C8H18O.C7H16O.C7H16.C5H12O/c1-7(2)6-8-4-3-5-9-8;1-8(2)6-4-3-5-7-9;1-7(2)5-3-4-6-8;1-4-5-6-7(2)3;1-5(2)3-4-6/h7-8H,3-6H2,1-2H3;8-9H,3-7H2,1-2H3;7-8H,3-6H2,1-2H3;7H,4-6H2,1-3H3;5-6H,3-4H2,1-2H3. The summed E-state index contributed by atoms with van der Waals surface area (Å²) in [5.74, 6) is 3.97. The fourth-order valence-electron chi connectivity index (χ4n) is 3.73. The van der Waals surface area contributed by atoms with Crippen molar-refractivity contribution < 1.29 is 20.1 Å². The molecule has 0 amide bonds. The van der Waals surface area contributed by atoms with Gasteiger partial charge in [0.25, 0.3) is 0 Å². The van der Waals surface area contributed by atoms with Crippen molar-refractivity contribution in [1.29, 1.82) is 0 Å². The SMILES string of the molecule is CC(C)CC1CCCO1.CC(C)CCCCCO.CC(C)CCCCO.CC(C)CCO.CCCCC(C)C. The van der Waals surface area contributed by atoms with E-state index in [1.807, 2.05) is 0 Å². The largest absolute Gasteiger partial charge is 0.396 e. The van der Waals surface area contributed by atoms with Gasteiger partial charge in [-0.25, -0.2) is 0 Å². The predicted molar refractivity (Wildman–Crippen MR) is 175 cm³/mol. The van der Waals surface area contributed by atoms with E-state index in [4.69, 9.17) is 20.1 Å². The molecule has 1 heterocycles. The van der Waals surface area contributed by atoms with Crippen LogP contribution in [0.3, 0.4) is 0 Å². The molecule has 0 aliphatic carbocycles. The van der Waals surface area contributed by atoms with Crippen LogP contribution >= 0.6 is 0 Å². The Morgan fingerprint density at radius 3 is 1.26 bits per heavy atom. The topological polar surface area (TPSA) is 69.9 Å². The molecule has 0 radical (unpaired) electrons. The van der Waals surface area contributed by atoms with E-state index in [-0.39, 0.29) is 0 Å². The van der Waals surface area contributed by atoms with E-state index in [2.05, 4.69) is 76.2 Å². The summed E-state index contributed by atoms with van der Waals surface area (Å²) in [4.78, 5) is 0. The smallest absolute Gasteiger partial charge is 0.0578 e. The van der Waals surface area contributed by atoms with E-state index in [1.165, 1.54) is 70.6 Å². The van der Waals surface area contributed by atoms with Crippen LogP contribution in [-0.4, -0.2) is 47.9 Å². The highest BCUT2D eigenvalue weighted by Crippen LogP contribution is 2.18. The van der Waals surface area contributed by atoms with Gasteiger partial charge in [-0.1, -0.05) is 128 Å². The lowest BCUT2D eigenvalue weighted by Gasteiger charge is -2.10. The zero-order valence-electron chi connectivity index (χ0n) is 28.9. The lowest BCUT2D eigenvalue weighted by molar-refractivity contribution is 0.0939. The second-order valence-electron chi connectivity index (χ2n) is 13.3. The molecule has 0 saturated carbocycles. The van der Waals surface area contributed by atoms with Gasteiger partial charge in [0.15, 0.2) is 0 Å². The van der Waals surface area contributed by atoms with Crippen LogP contribution in [-0.2, 0) is 4.74 Å². The van der Waals surface area contributed by atoms with E-state index >= 15 is 0 Å². The first-order valence-electron chi connectivity index (χ1n) is 16.8. The summed E-state index contributed by atoms with van der Waals surface area (Å²) in [7, 11) is 0. The number of hydrogen-bond acceptors (Lipinski definition) is 4. The molecule has 1 rings (SSSR count). The minimum absolute atomic E-state index is 0.331. The summed E-state index contributed by atoms with van der Waals surface area (Å²) in [6, 6.07) is 0. The molecule has 1 aliphatic heterocycles. The number of hydrogen-bond donors (Lipinski definition) is 3. The van der Waals surface area contributed by atoms with Crippen LogP contribution in [0, 0.1) is 29.6 Å². The molecule has 1 fully saturated rings. The first kappa shape index (κ1) is 45.8. The molecule has 39 heavy (non-hydrogen) atoms. The molecular formula is C35H78O4. The van der Waals surface area contributed by atoms with Crippen LogP contribution in [0.5, 0.6) is 0 Å². The highest BCUT2D eigenvalue weighted by molar-refractivity contribution is 4.65. The first-order valence-corrected chi connectivity index (χ1v) is 16.8. The molecule has 1 unspecified atom stereocenters. The maximum Gasteiger partial charge on any atom is 0.0578 e. The minimum Gasteiger partial charge on any atom is -0.396 e. The van der Waals surface area contributed by atoms with Crippen molar-refractivity contribution in [2.24, 2.45) is 29.6 Å². The van der Waals surface area contributed by atoms with Crippen LogP contribution in [0.4, 0.5) is 0 Å². The van der Waals surface area contributed by atoms with Crippen molar-refractivity contribution in [3.8, 4) is 0 Å². The van der Waals surface area contributed by atoms with Gasteiger partial charge in [-0.15, -0.1) is 0 Å². The zero-order valence-corrected chi connectivity index (χ0v) is 28.9. The number of rotatable bonds is 16. The van der Waals surface area contributed by atoms with Gasteiger partial charge in [0.1, 0.15) is 0 Å². The van der Waals surface area contributed by atoms with Gasteiger partial charge in [0.05, 0.1) is 6.10 Å². The highest BCUT2D eigenvalue weighted by Gasteiger charge is 2.15. The van der Waals surface area contributed by atoms with Crippen molar-refractivity contribution in [3.63, 3.8) is 0 Å². The van der Waals surface area contributed by atoms with Crippen LogP contribution in [0.15, 0.2) is 0 Å². The highest BCUT2D eigenvalue weighted by atomic mass is 16.5. The van der Waals surface area contributed by atoms with Gasteiger partial charge in [0, 0.05) is 26.4 Å². The Morgan fingerprint density at radius 2 is 0.974 bits per heavy atom. The lowest BCUT2D eigenvalue weighted by atomic mass is 10.0. The first-order chi connectivity index (χ1) is 18.4. The second-order valence-corrected chi connectivity index (χ2v) is 13.3. The summed E-state index contributed by atoms with van der Waals surface area (Å²) >= 11 is 0. The van der Waals surface area contributed by atoms with Gasteiger partial charge in [-0.2, -0.15) is 0 Å². The third-order valence-electron chi connectivity index (χ3n) is 6.23. The third kappa shape index (κ3) is 58.4. The maximum absolute atomic E-state index is 8.43. The molecule has 4 heteroatoms. The van der Waals surface area contributed by atoms with Gasteiger partial charge >= 0.3 is 0 Å². The van der Waals surface area contributed by atoms with E-state index in [9.17, 15) is 0 Å². The number of unbranched alkanes of at least 4 members (excludes halogenated alkanes) is 4.